The van der Waals surface area contributed by atoms with Gasteiger partial charge in [-0.3, -0.25) is 9.80 Å². The second-order valence-electron chi connectivity index (χ2n) is 8.24. The van der Waals surface area contributed by atoms with E-state index in [1.165, 1.54) is 0 Å². The number of hydrazone groups is 1. The monoisotopic (exact) mass is 455 g/mol. The fourth-order valence-electron chi connectivity index (χ4n) is 3.58. The number of amides is 1. The van der Waals surface area contributed by atoms with Gasteiger partial charge in [0, 0.05) is 18.3 Å². The van der Waals surface area contributed by atoms with Crippen molar-refractivity contribution >= 4 is 17.8 Å². The number of hydrogen-bond acceptors (Lipinski definition) is 7. The molecule has 1 saturated heterocycles. The van der Waals surface area contributed by atoms with Crippen LogP contribution < -0.4 is 24.3 Å². The van der Waals surface area contributed by atoms with Gasteiger partial charge in [-0.2, -0.15) is 5.10 Å². The molecule has 33 heavy (non-hydrogen) atoms. The Labute approximate surface area is 195 Å². The van der Waals surface area contributed by atoms with Crippen LogP contribution in [0.25, 0.3) is 0 Å². The summed E-state index contributed by atoms with van der Waals surface area (Å²) in [4.78, 5) is 12.9. The van der Waals surface area contributed by atoms with E-state index in [1.54, 1.807) is 45.7 Å². The number of anilines is 1. The summed E-state index contributed by atoms with van der Waals surface area (Å²) < 4.78 is 21.9. The van der Waals surface area contributed by atoms with E-state index in [0.29, 0.717) is 47.8 Å². The molecule has 0 bridgehead atoms. The summed E-state index contributed by atoms with van der Waals surface area (Å²) in [6, 6.07) is 10.6. The molecule has 1 aliphatic heterocycles. The van der Waals surface area contributed by atoms with E-state index in [0.717, 1.165) is 18.4 Å². The molecule has 8 nitrogen and oxygen atoms in total. The van der Waals surface area contributed by atoms with E-state index in [1.807, 2.05) is 23.2 Å². The highest BCUT2D eigenvalue weighted by Gasteiger charge is 2.30. The van der Waals surface area contributed by atoms with Crippen molar-refractivity contribution in [1.82, 2.24) is 5.01 Å². The lowest BCUT2D eigenvalue weighted by Crippen LogP contribution is -2.36. The molecule has 1 heterocycles. The van der Waals surface area contributed by atoms with Gasteiger partial charge in [-0.25, -0.2) is 0 Å². The van der Waals surface area contributed by atoms with Crippen LogP contribution in [-0.2, 0) is 4.79 Å². The second kappa shape index (κ2) is 11.4. The summed E-state index contributed by atoms with van der Waals surface area (Å²) in [5.74, 6) is 2.83. The third kappa shape index (κ3) is 6.31. The topological polar surface area (TPSA) is 81.6 Å². The first-order valence-electron chi connectivity index (χ1n) is 11.1. The van der Waals surface area contributed by atoms with Crippen LogP contribution in [0.15, 0.2) is 41.5 Å². The molecule has 1 aliphatic rings. The van der Waals surface area contributed by atoms with Crippen molar-refractivity contribution in [3.05, 3.63) is 42.0 Å². The minimum atomic E-state index is -0.343. The molecular formula is C25H33N3O5. The summed E-state index contributed by atoms with van der Waals surface area (Å²) in [5.41, 5.74) is 1.52. The zero-order valence-electron chi connectivity index (χ0n) is 20.0. The van der Waals surface area contributed by atoms with Crippen LogP contribution >= 0.6 is 0 Å². The summed E-state index contributed by atoms with van der Waals surface area (Å²) in [6.45, 7) is 5.51. The maximum absolute atomic E-state index is 12.9. The maximum atomic E-state index is 12.9. The molecule has 2 aromatic rings. The number of methoxy groups -OCH3 is 3. The molecule has 8 heteroatoms. The Morgan fingerprint density at radius 3 is 2.45 bits per heavy atom. The standard InChI is InChI=1S/C25H33N3O5/c1-17(2)16-33-24-13-18(8-10-22(24)31-4)15-26-28-12-6-7-20(28)25(29)27-19-9-11-21(30-3)23(14-19)32-5/h8-11,13-15,17,20H,6-7,12,16H2,1-5H3,(H,27,29)/b26-15-/t20-/m1/s1. The van der Waals surface area contributed by atoms with Crippen LogP contribution in [0.1, 0.15) is 32.3 Å². The summed E-state index contributed by atoms with van der Waals surface area (Å²) in [5, 5.41) is 9.39. The summed E-state index contributed by atoms with van der Waals surface area (Å²) in [6.07, 6.45) is 3.39. The zero-order chi connectivity index (χ0) is 23.8. The van der Waals surface area contributed by atoms with Crippen molar-refractivity contribution in [2.45, 2.75) is 32.7 Å². The molecule has 1 amide bonds. The number of ether oxygens (including phenoxy) is 4. The highest BCUT2D eigenvalue weighted by Crippen LogP contribution is 2.31. The van der Waals surface area contributed by atoms with Crippen molar-refractivity contribution in [3.8, 4) is 23.0 Å². The number of hydrogen-bond donors (Lipinski definition) is 1. The van der Waals surface area contributed by atoms with E-state index in [2.05, 4.69) is 24.3 Å². The molecule has 1 atom stereocenters. The molecular weight excluding hydrogens is 422 g/mol. The minimum Gasteiger partial charge on any atom is -0.493 e. The Bertz CT molecular complexity index is 977. The van der Waals surface area contributed by atoms with E-state index < -0.39 is 0 Å². The van der Waals surface area contributed by atoms with Gasteiger partial charge in [0.25, 0.3) is 0 Å². The van der Waals surface area contributed by atoms with Gasteiger partial charge in [-0.15, -0.1) is 0 Å². The summed E-state index contributed by atoms with van der Waals surface area (Å²) >= 11 is 0. The van der Waals surface area contributed by atoms with E-state index in [-0.39, 0.29) is 11.9 Å². The number of nitrogens with one attached hydrogen (secondary N) is 1. The van der Waals surface area contributed by atoms with E-state index >= 15 is 0 Å². The molecule has 0 aromatic heterocycles. The Morgan fingerprint density at radius 2 is 1.76 bits per heavy atom. The van der Waals surface area contributed by atoms with Gasteiger partial charge in [-0.1, -0.05) is 13.8 Å². The number of rotatable bonds is 10. The normalized spacial score (nSPS) is 15.7. The quantitative estimate of drug-likeness (QED) is 0.541. The molecule has 3 rings (SSSR count). The lowest BCUT2D eigenvalue weighted by atomic mass is 10.2. The highest BCUT2D eigenvalue weighted by atomic mass is 16.5. The van der Waals surface area contributed by atoms with Crippen LogP contribution in [0.5, 0.6) is 23.0 Å². The fraction of sp³-hybridized carbons (Fsp3) is 0.440. The first kappa shape index (κ1) is 24.2. The maximum Gasteiger partial charge on any atom is 0.248 e. The van der Waals surface area contributed by atoms with Crippen molar-refractivity contribution in [3.63, 3.8) is 0 Å². The molecule has 1 N–H and O–H groups in total. The smallest absolute Gasteiger partial charge is 0.248 e. The average molecular weight is 456 g/mol. The number of carbonyl (C=O) groups excluding carboxylic acids is 1. The van der Waals surface area contributed by atoms with Crippen LogP contribution in [0, 0.1) is 5.92 Å². The first-order valence-corrected chi connectivity index (χ1v) is 11.1. The van der Waals surface area contributed by atoms with Crippen molar-refractivity contribution in [2.24, 2.45) is 11.0 Å². The number of nitrogens with zero attached hydrogens (tertiary/aromatic N) is 2. The van der Waals surface area contributed by atoms with Crippen molar-refractivity contribution < 1.29 is 23.7 Å². The van der Waals surface area contributed by atoms with Crippen molar-refractivity contribution in [2.75, 3.05) is 39.8 Å². The Kier molecular flexibility index (Phi) is 8.40. The predicted molar refractivity (Wildman–Crippen MR) is 129 cm³/mol. The highest BCUT2D eigenvalue weighted by molar-refractivity contribution is 5.95. The number of carbonyl (C=O) groups is 1. The van der Waals surface area contributed by atoms with E-state index in [9.17, 15) is 4.79 Å². The van der Waals surface area contributed by atoms with Gasteiger partial charge >= 0.3 is 0 Å². The SMILES string of the molecule is COc1ccc(NC(=O)[C@H]2CCCN2/N=C\c2ccc(OC)c(OCC(C)C)c2)cc1OC. The average Bonchev–Trinajstić information content (AvgIpc) is 3.30. The van der Waals surface area contributed by atoms with Crippen molar-refractivity contribution in [1.29, 1.82) is 0 Å². The largest absolute Gasteiger partial charge is 0.493 e. The lowest BCUT2D eigenvalue weighted by molar-refractivity contribution is -0.120. The predicted octanol–water partition coefficient (Wildman–Crippen LogP) is 4.18. The third-order valence-electron chi connectivity index (χ3n) is 5.29. The molecule has 0 aliphatic carbocycles. The molecule has 0 saturated carbocycles. The van der Waals surface area contributed by atoms with Gasteiger partial charge < -0.3 is 24.3 Å². The van der Waals surface area contributed by atoms with Gasteiger partial charge in [0.1, 0.15) is 6.04 Å². The molecule has 1 fully saturated rings. The van der Waals surface area contributed by atoms with Crippen LogP contribution in [-0.4, -0.2) is 57.7 Å². The third-order valence-corrected chi connectivity index (χ3v) is 5.29. The summed E-state index contributed by atoms with van der Waals surface area (Å²) in [7, 11) is 4.76. The molecule has 2 aromatic carbocycles. The lowest BCUT2D eigenvalue weighted by Gasteiger charge is -2.21. The van der Waals surface area contributed by atoms with Gasteiger partial charge in [0.2, 0.25) is 5.91 Å². The number of benzene rings is 2. The fourth-order valence-corrected chi connectivity index (χ4v) is 3.58. The molecule has 0 spiro atoms. The Hall–Kier alpha value is -3.42. The van der Waals surface area contributed by atoms with E-state index in [4.69, 9.17) is 18.9 Å². The zero-order valence-corrected chi connectivity index (χ0v) is 20.0. The first-order chi connectivity index (χ1) is 15.9. The Morgan fingerprint density at radius 1 is 1.06 bits per heavy atom. The molecule has 0 radical (unpaired) electrons. The van der Waals surface area contributed by atoms with Gasteiger partial charge in [0.15, 0.2) is 23.0 Å². The molecule has 0 unspecified atom stereocenters. The van der Waals surface area contributed by atoms with Gasteiger partial charge in [0.05, 0.1) is 34.2 Å². The molecule has 178 valence electrons. The van der Waals surface area contributed by atoms with Crippen LogP contribution in [0.4, 0.5) is 5.69 Å². The van der Waals surface area contributed by atoms with Crippen LogP contribution in [0.3, 0.4) is 0 Å². The second-order valence-corrected chi connectivity index (χ2v) is 8.24. The Balaban J connectivity index is 1.69. The minimum absolute atomic E-state index is 0.104. The van der Waals surface area contributed by atoms with Gasteiger partial charge in [-0.05, 0) is 54.7 Å². The van der Waals surface area contributed by atoms with Crippen LogP contribution in [0.2, 0.25) is 0 Å².